The van der Waals surface area contributed by atoms with E-state index in [2.05, 4.69) is 33.5 Å². The molecule has 1 aromatic carbocycles. The molecule has 4 rings (SSSR count). The number of aryl methyl sites for hydroxylation is 2. The van der Waals surface area contributed by atoms with Crippen molar-refractivity contribution < 1.29 is 4.74 Å². The molecule has 6 nitrogen and oxygen atoms in total. The molecule has 1 unspecified atom stereocenters. The number of nitrogens with one attached hydrogen (secondary N) is 1. The van der Waals surface area contributed by atoms with Crippen molar-refractivity contribution >= 4 is 10.9 Å². The highest BCUT2D eigenvalue weighted by molar-refractivity contribution is 5.85. The highest BCUT2D eigenvalue weighted by atomic mass is 16.5. The molecule has 0 aliphatic rings. The largest absolute Gasteiger partial charge is 0.493 e. The summed E-state index contributed by atoms with van der Waals surface area (Å²) in [4.78, 5) is 20.6. The van der Waals surface area contributed by atoms with Gasteiger partial charge in [0, 0.05) is 49.3 Å². The molecular formula is C26H28N4O2. The van der Waals surface area contributed by atoms with Gasteiger partial charge in [-0.2, -0.15) is 0 Å². The summed E-state index contributed by atoms with van der Waals surface area (Å²) in [6, 6.07) is 17.8. The van der Waals surface area contributed by atoms with Gasteiger partial charge in [-0.1, -0.05) is 18.2 Å². The molecule has 0 bridgehead atoms. The Morgan fingerprint density at radius 2 is 1.88 bits per heavy atom. The van der Waals surface area contributed by atoms with Crippen molar-refractivity contribution in [2.24, 2.45) is 7.05 Å². The first kappa shape index (κ1) is 21.7. The van der Waals surface area contributed by atoms with Crippen LogP contribution in [0.15, 0.2) is 84.2 Å². The van der Waals surface area contributed by atoms with E-state index >= 15 is 0 Å². The molecule has 3 aromatic heterocycles. The van der Waals surface area contributed by atoms with E-state index in [0.717, 1.165) is 36.7 Å². The monoisotopic (exact) mass is 428 g/mol. The zero-order valence-electron chi connectivity index (χ0n) is 18.3. The Morgan fingerprint density at radius 1 is 1.03 bits per heavy atom. The maximum Gasteiger partial charge on any atom is 0.254 e. The second-order valence-electron chi connectivity index (χ2n) is 7.81. The second kappa shape index (κ2) is 10.7. The van der Waals surface area contributed by atoms with E-state index in [0.29, 0.717) is 12.4 Å². The molecule has 3 heterocycles. The highest BCUT2D eigenvalue weighted by Gasteiger charge is 2.12. The van der Waals surface area contributed by atoms with Crippen LogP contribution in [-0.4, -0.2) is 27.7 Å². The number of hydrogen-bond donors (Lipinski definition) is 1. The van der Waals surface area contributed by atoms with E-state index in [-0.39, 0.29) is 11.6 Å². The normalized spacial score (nSPS) is 12.0. The molecule has 0 amide bonds. The summed E-state index contributed by atoms with van der Waals surface area (Å²) in [6.45, 7) is 1.35. The average molecular weight is 429 g/mol. The topological polar surface area (TPSA) is 69.0 Å². The Bertz CT molecular complexity index is 1190. The third-order valence-corrected chi connectivity index (χ3v) is 5.64. The molecule has 1 atom stereocenters. The fourth-order valence-corrected chi connectivity index (χ4v) is 3.87. The minimum Gasteiger partial charge on any atom is -0.493 e. The summed E-state index contributed by atoms with van der Waals surface area (Å²) in [6.07, 6.45) is 10.1. The van der Waals surface area contributed by atoms with Crippen LogP contribution in [0, 0.1) is 0 Å². The minimum atomic E-state index is -0.0648. The Kier molecular flexibility index (Phi) is 7.25. The maximum absolute atomic E-state index is 12.2. The van der Waals surface area contributed by atoms with Gasteiger partial charge in [0.2, 0.25) is 0 Å². The van der Waals surface area contributed by atoms with Crippen molar-refractivity contribution in [1.82, 2.24) is 19.9 Å². The number of hydrogen-bond acceptors (Lipinski definition) is 5. The molecule has 0 saturated carbocycles. The van der Waals surface area contributed by atoms with E-state index < -0.39 is 0 Å². The molecule has 164 valence electrons. The fourth-order valence-electron chi connectivity index (χ4n) is 3.87. The number of fused-ring (bicyclic) bond motifs is 1. The second-order valence-corrected chi connectivity index (χ2v) is 7.81. The molecule has 0 aliphatic heterocycles. The lowest BCUT2D eigenvalue weighted by molar-refractivity contribution is 0.306. The lowest BCUT2D eigenvalue weighted by atomic mass is 10.0. The van der Waals surface area contributed by atoms with Gasteiger partial charge >= 0.3 is 0 Å². The van der Waals surface area contributed by atoms with Gasteiger partial charge < -0.3 is 14.6 Å². The SMILES string of the molecule is Cn1c(=O)cc(OCCCNC(CCc2cccnc2)c2ccncc2)c2ccccc21. The number of nitrogens with zero attached hydrogens (tertiary/aromatic N) is 3. The zero-order chi connectivity index (χ0) is 22.2. The van der Waals surface area contributed by atoms with E-state index in [1.54, 1.807) is 23.9 Å². The number of benzene rings is 1. The van der Waals surface area contributed by atoms with Gasteiger partial charge in [-0.3, -0.25) is 14.8 Å². The lowest BCUT2D eigenvalue weighted by Gasteiger charge is -2.19. The Balaban J connectivity index is 1.34. The molecular weight excluding hydrogens is 400 g/mol. The molecule has 32 heavy (non-hydrogen) atoms. The Hall–Kier alpha value is -3.51. The Morgan fingerprint density at radius 3 is 2.69 bits per heavy atom. The van der Waals surface area contributed by atoms with Crippen LogP contribution in [0.5, 0.6) is 5.75 Å². The first-order valence-corrected chi connectivity index (χ1v) is 11.0. The van der Waals surface area contributed by atoms with Gasteiger partial charge in [0.25, 0.3) is 5.56 Å². The van der Waals surface area contributed by atoms with E-state index in [4.69, 9.17) is 4.74 Å². The summed E-state index contributed by atoms with van der Waals surface area (Å²) in [5.74, 6) is 0.644. The number of aromatic nitrogens is 3. The van der Waals surface area contributed by atoms with Gasteiger partial charge in [0.1, 0.15) is 5.75 Å². The standard InChI is InChI=1S/C26H28N4O2/c1-30-24-8-3-2-7-22(24)25(18-26(30)31)32-17-5-14-29-23(21-11-15-27-16-12-21)10-9-20-6-4-13-28-19-20/h2-4,6-8,11-13,15-16,18-19,23,29H,5,9-10,14,17H2,1H3. The number of para-hydroxylation sites is 1. The molecule has 0 spiro atoms. The summed E-state index contributed by atoms with van der Waals surface area (Å²) in [7, 11) is 1.78. The van der Waals surface area contributed by atoms with E-state index in [9.17, 15) is 4.79 Å². The highest BCUT2D eigenvalue weighted by Crippen LogP contribution is 2.23. The van der Waals surface area contributed by atoms with Crippen LogP contribution in [0.2, 0.25) is 0 Å². The van der Waals surface area contributed by atoms with Gasteiger partial charge in [0.15, 0.2) is 0 Å². The number of pyridine rings is 3. The fraction of sp³-hybridized carbons (Fsp3) is 0.269. The average Bonchev–Trinajstić information content (AvgIpc) is 2.85. The number of ether oxygens (including phenoxy) is 1. The quantitative estimate of drug-likeness (QED) is 0.386. The van der Waals surface area contributed by atoms with Gasteiger partial charge in [-0.05, 0) is 67.3 Å². The third kappa shape index (κ3) is 5.39. The lowest BCUT2D eigenvalue weighted by Crippen LogP contribution is -2.24. The van der Waals surface area contributed by atoms with Crippen molar-refractivity contribution in [2.45, 2.75) is 25.3 Å². The van der Waals surface area contributed by atoms with Crippen LogP contribution in [0.4, 0.5) is 0 Å². The van der Waals surface area contributed by atoms with Crippen molar-refractivity contribution in [2.75, 3.05) is 13.2 Å². The minimum absolute atomic E-state index is 0.0648. The molecule has 0 aliphatic carbocycles. The first-order chi connectivity index (χ1) is 15.7. The Labute approximate surface area is 187 Å². The molecule has 0 saturated heterocycles. The summed E-state index contributed by atoms with van der Waals surface area (Å²) in [5, 5.41) is 4.61. The maximum atomic E-state index is 12.2. The van der Waals surface area contributed by atoms with Crippen molar-refractivity contribution in [3.63, 3.8) is 0 Å². The predicted molar refractivity (Wildman–Crippen MR) is 127 cm³/mol. The van der Waals surface area contributed by atoms with E-state index in [1.165, 1.54) is 11.1 Å². The zero-order valence-corrected chi connectivity index (χ0v) is 18.3. The van der Waals surface area contributed by atoms with Crippen LogP contribution in [0.3, 0.4) is 0 Å². The molecule has 0 radical (unpaired) electrons. The van der Waals surface area contributed by atoms with Crippen molar-refractivity contribution in [3.8, 4) is 5.75 Å². The van der Waals surface area contributed by atoms with Crippen LogP contribution >= 0.6 is 0 Å². The molecule has 6 heteroatoms. The molecule has 0 fully saturated rings. The first-order valence-electron chi connectivity index (χ1n) is 11.0. The third-order valence-electron chi connectivity index (χ3n) is 5.64. The summed E-state index contributed by atoms with van der Waals surface area (Å²) >= 11 is 0. The summed E-state index contributed by atoms with van der Waals surface area (Å²) < 4.78 is 7.64. The smallest absolute Gasteiger partial charge is 0.254 e. The van der Waals surface area contributed by atoms with Crippen molar-refractivity contribution in [1.29, 1.82) is 0 Å². The van der Waals surface area contributed by atoms with Gasteiger partial charge in [-0.25, -0.2) is 0 Å². The van der Waals surface area contributed by atoms with Crippen LogP contribution in [0.1, 0.15) is 30.0 Å². The predicted octanol–water partition coefficient (Wildman–Crippen LogP) is 4.06. The molecule has 1 N–H and O–H groups in total. The van der Waals surface area contributed by atoms with Crippen LogP contribution < -0.4 is 15.6 Å². The van der Waals surface area contributed by atoms with Crippen LogP contribution in [-0.2, 0) is 13.5 Å². The van der Waals surface area contributed by atoms with E-state index in [1.807, 2.05) is 48.9 Å². The van der Waals surface area contributed by atoms with Crippen molar-refractivity contribution in [3.05, 3.63) is 101 Å². The summed E-state index contributed by atoms with van der Waals surface area (Å²) in [5.41, 5.74) is 3.27. The number of rotatable bonds is 10. The molecule has 4 aromatic rings. The van der Waals surface area contributed by atoms with Crippen LogP contribution in [0.25, 0.3) is 10.9 Å². The van der Waals surface area contributed by atoms with Gasteiger partial charge in [0.05, 0.1) is 12.1 Å². The van der Waals surface area contributed by atoms with Gasteiger partial charge in [-0.15, -0.1) is 0 Å².